The zero-order valence-electron chi connectivity index (χ0n) is 41.4. The Balaban J connectivity index is 3.53. The normalized spacial score (nSPS) is 12.3. The second-order valence-corrected chi connectivity index (χ2v) is 18.4. The third-order valence-corrected chi connectivity index (χ3v) is 12.2. The molecule has 0 saturated heterocycles. The Bertz CT molecular complexity index is 969. The SMILES string of the molecule is CCCCCC=CCC=CCCCCCCCC(=O)OCCCCCCCCCCCCCCCC(=O)N(CCO)CC(O)COCCCCCCCCCCCCCCCC. The lowest BCUT2D eigenvalue weighted by atomic mass is 10.0. The van der Waals surface area contributed by atoms with Crippen LogP contribution in [0.2, 0.25) is 0 Å². The molecule has 0 radical (unpaired) electrons. The third kappa shape index (κ3) is 47.8. The van der Waals surface area contributed by atoms with E-state index in [-0.39, 0.29) is 38.2 Å². The van der Waals surface area contributed by atoms with Gasteiger partial charge in [0.15, 0.2) is 0 Å². The molecule has 0 bridgehead atoms. The van der Waals surface area contributed by atoms with Gasteiger partial charge in [-0.15, -0.1) is 0 Å². The molecule has 0 aliphatic heterocycles. The highest BCUT2D eigenvalue weighted by Crippen LogP contribution is 2.16. The van der Waals surface area contributed by atoms with Gasteiger partial charge < -0.3 is 24.6 Å². The highest BCUT2D eigenvalue weighted by molar-refractivity contribution is 5.76. The largest absolute Gasteiger partial charge is 0.466 e. The Kier molecular flexibility index (Phi) is 50.5. The fraction of sp³-hybridized carbons (Fsp3) is 0.891. The topological polar surface area (TPSA) is 96.3 Å². The maximum atomic E-state index is 12.8. The van der Waals surface area contributed by atoms with Crippen LogP contribution >= 0.6 is 0 Å². The summed E-state index contributed by atoms with van der Waals surface area (Å²) in [7, 11) is 0. The number of aliphatic hydroxyl groups excluding tert-OH is 2. The van der Waals surface area contributed by atoms with Crippen molar-refractivity contribution in [3.05, 3.63) is 24.3 Å². The second kappa shape index (κ2) is 51.9. The van der Waals surface area contributed by atoms with E-state index >= 15 is 0 Å². The van der Waals surface area contributed by atoms with E-state index in [4.69, 9.17) is 9.47 Å². The Labute approximate surface area is 385 Å². The molecule has 0 aliphatic rings. The standard InChI is InChI=1S/C55H105NO6/c1-3-5-7-9-11-13-15-17-19-22-26-30-34-38-42-46-55(60)62-50-44-40-36-32-28-24-20-21-25-29-33-37-41-45-54(59)56(47-48-57)51-53(58)52-61-49-43-39-35-31-27-23-18-16-14-12-10-8-6-4-2/h11,13,17,19,53,57-58H,3-10,12,14-16,18,20-52H2,1-2H3. The first-order valence-electron chi connectivity index (χ1n) is 27.1. The lowest BCUT2D eigenvalue weighted by Crippen LogP contribution is -2.40. The minimum Gasteiger partial charge on any atom is -0.466 e. The molecular formula is C55H105NO6. The van der Waals surface area contributed by atoms with Gasteiger partial charge in [0.1, 0.15) is 0 Å². The van der Waals surface area contributed by atoms with Crippen LogP contribution in [-0.4, -0.2) is 72.6 Å². The fourth-order valence-corrected chi connectivity index (χ4v) is 8.18. The monoisotopic (exact) mass is 876 g/mol. The summed E-state index contributed by atoms with van der Waals surface area (Å²) < 4.78 is 11.2. The van der Waals surface area contributed by atoms with Crippen LogP contribution in [0.3, 0.4) is 0 Å². The molecule has 7 heteroatoms. The van der Waals surface area contributed by atoms with Gasteiger partial charge in [-0.1, -0.05) is 224 Å². The van der Waals surface area contributed by atoms with E-state index < -0.39 is 6.10 Å². The molecule has 0 spiro atoms. The molecule has 1 atom stereocenters. The first-order valence-corrected chi connectivity index (χ1v) is 27.1. The van der Waals surface area contributed by atoms with Crippen molar-refractivity contribution in [2.45, 2.75) is 277 Å². The van der Waals surface area contributed by atoms with Crippen LogP contribution < -0.4 is 0 Å². The van der Waals surface area contributed by atoms with Crippen molar-refractivity contribution in [1.29, 1.82) is 0 Å². The Morgan fingerprint density at radius 1 is 0.484 bits per heavy atom. The molecule has 0 aliphatic carbocycles. The van der Waals surface area contributed by atoms with Crippen molar-refractivity contribution in [1.82, 2.24) is 4.90 Å². The molecule has 0 aromatic heterocycles. The van der Waals surface area contributed by atoms with Crippen LogP contribution in [0.25, 0.3) is 0 Å². The lowest BCUT2D eigenvalue weighted by Gasteiger charge is -2.24. The highest BCUT2D eigenvalue weighted by Gasteiger charge is 2.17. The molecule has 0 saturated carbocycles. The first-order chi connectivity index (χ1) is 30.5. The summed E-state index contributed by atoms with van der Waals surface area (Å²) in [6.07, 6.45) is 56.6. The van der Waals surface area contributed by atoms with E-state index in [0.717, 1.165) is 64.2 Å². The van der Waals surface area contributed by atoms with Gasteiger partial charge in [0.25, 0.3) is 0 Å². The van der Waals surface area contributed by atoms with Crippen LogP contribution in [0.5, 0.6) is 0 Å². The Morgan fingerprint density at radius 2 is 0.871 bits per heavy atom. The second-order valence-electron chi connectivity index (χ2n) is 18.4. The van der Waals surface area contributed by atoms with Gasteiger partial charge >= 0.3 is 5.97 Å². The number of hydrogen-bond donors (Lipinski definition) is 2. The summed E-state index contributed by atoms with van der Waals surface area (Å²) >= 11 is 0. The van der Waals surface area contributed by atoms with Gasteiger partial charge in [-0.05, 0) is 57.8 Å². The van der Waals surface area contributed by atoms with Crippen molar-refractivity contribution < 1.29 is 29.3 Å². The molecule has 7 nitrogen and oxygen atoms in total. The predicted molar refractivity (Wildman–Crippen MR) is 266 cm³/mol. The smallest absolute Gasteiger partial charge is 0.305 e. The van der Waals surface area contributed by atoms with Crippen molar-refractivity contribution in [3.8, 4) is 0 Å². The number of allylic oxidation sites excluding steroid dienone is 4. The van der Waals surface area contributed by atoms with Crippen LogP contribution in [-0.2, 0) is 19.1 Å². The third-order valence-electron chi connectivity index (χ3n) is 12.2. The number of ether oxygens (including phenoxy) is 2. The Hall–Kier alpha value is -1.70. The zero-order chi connectivity index (χ0) is 45.1. The quantitative estimate of drug-likeness (QED) is 0.0359. The number of esters is 1. The number of unbranched alkanes of at least 4 members (excludes halogenated alkanes) is 33. The molecule has 2 N–H and O–H groups in total. The predicted octanol–water partition coefficient (Wildman–Crippen LogP) is 15.5. The van der Waals surface area contributed by atoms with Crippen LogP contribution in [0.4, 0.5) is 0 Å². The summed E-state index contributed by atoms with van der Waals surface area (Å²) in [6, 6.07) is 0. The van der Waals surface area contributed by atoms with E-state index in [1.165, 1.54) is 180 Å². The summed E-state index contributed by atoms with van der Waals surface area (Å²) in [4.78, 5) is 26.5. The average molecular weight is 876 g/mol. The van der Waals surface area contributed by atoms with Crippen molar-refractivity contribution in [3.63, 3.8) is 0 Å². The molecule has 366 valence electrons. The molecule has 0 fully saturated rings. The van der Waals surface area contributed by atoms with Gasteiger partial charge in [-0.2, -0.15) is 0 Å². The van der Waals surface area contributed by atoms with Crippen LogP contribution in [0, 0.1) is 0 Å². The van der Waals surface area contributed by atoms with E-state index in [9.17, 15) is 19.8 Å². The van der Waals surface area contributed by atoms with Crippen molar-refractivity contribution >= 4 is 11.9 Å². The maximum Gasteiger partial charge on any atom is 0.305 e. The minimum atomic E-state index is -0.718. The van der Waals surface area contributed by atoms with Gasteiger partial charge in [0.2, 0.25) is 5.91 Å². The van der Waals surface area contributed by atoms with Crippen LogP contribution in [0.15, 0.2) is 24.3 Å². The number of rotatable bonds is 51. The molecular weight excluding hydrogens is 771 g/mol. The van der Waals surface area contributed by atoms with Crippen LogP contribution in [0.1, 0.15) is 271 Å². The average Bonchev–Trinajstić information content (AvgIpc) is 3.27. The van der Waals surface area contributed by atoms with E-state index in [1.54, 1.807) is 4.90 Å². The Morgan fingerprint density at radius 3 is 1.35 bits per heavy atom. The van der Waals surface area contributed by atoms with Gasteiger partial charge in [0, 0.05) is 32.5 Å². The van der Waals surface area contributed by atoms with E-state index in [0.29, 0.717) is 26.1 Å². The number of carbonyl (C=O) groups excluding carboxylic acids is 2. The number of amides is 1. The van der Waals surface area contributed by atoms with Gasteiger partial charge in [0.05, 0.1) is 25.9 Å². The minimum absolute atomic E-state index is 0.0216. The number of carbonyl (C=O) groups is 2. The number of nitrogens with zero attached hydrogens (tertiary/aromatic N) is 1. The molecule has 0 heterocycles. The summed E-state index contributed by atoms with van der Waals surface area (Å²) in [5.41, 5.74) is 0. The number of aliphatic hydroxyl groups is 2. The lowest BCUT2D eigenvalue weighted by molar-refractivity contribution is -0.144. The maximum absolute atomic E-state index is 12.8. The molecule has 1 amide bonds. The van der Waals surface area contributed by atoms with Crippen molar-refractivity contribution in [2.24, 2.45) is 0 Å². The van der Waals surface area contributed by atoms with E-state index in [2.05, 4.69) is 38.2 Å². The van der Waals surface area contributed by atoms with Crippen molar-refractivity contribution in [2.75, 3.05) is 39.5 Å². The molecule has 62 heavy (non-hydrogen) atoms. The summed E-state index contributed by atoms with van der Waals surface area (Å²) in [5.74, 6) is 0.000537. The van der Waals surface area contributed by atoms with Gasteiger partial charge in [-0.3, -0.25) is 9.59 Å². The summed E-state index contributed by atoms with van der Waals surface area (Å²) in [6.45, 7) is 6.40. The highest BCUT2D eigenvalue weighted by atomic mass is 16.5. The molecule has 0 aromatic carbocycles. The zero-order valence-corrected chi connectivity index (χ0v) is 41.4. The summed E-state index contributed by atoms with van der Waals surface area (Å²) in [5, 5.41) is 20.0. The fourth-order valence-electron chi connectivity index (χ4n) is 8.18. The van der Waals surface area contributed by atoms with Gasteiger partial charge in [-0.25, -0.2) is 0 Å². The number of hydrogen-bond acceptors (Lipinski definition) is 6. The molecule has 0 rings (SSSR count). The van der Waals surface area contributed by atoms with E-state index in [1.807, 2.05) is 0 Å². The molecule has 1 unspecified atom stereocenters. The molecule has 0 aromatic rings. The first kappa shape index (κ1) is 60.3.